The number of rotatable bonds is 4. The second-order valence-corrected chi connectivity index (χ2v) is 8.60. The van der Waals surface area contributed by atoms with Crippen molar-refractivity contribution in [2.45, 2.75) is 25.2 Å². The summed E-state index contributed by atoms with van der Waals surface area (Å²) in [6.07, 6.45) is 1.60. The van der Waals surface area contributed by atoms with E-state index in [0.717, 1.165) is 10.9 Å². The summed E-state index contributed by atoms with van der Waals surface area (Å²) in [5, 5.41) is 0.788. The second kappa shape index (κ2) is 7.67. The number of hydrogen-bond donors (Lipinski definition) is 0. The molecule has 0 saturated heterocycles. The molecule has 0 saturated carbocycles. The van der Waals surface area contributed by atoms with E-state index in [4.69, 9.17) is 0 Å². The van der Waals surface area contributed by atoms with Gasteiger partial charge in [-0.05, 0) is 23.4 Å². The number of Topliss-reactive ketones (excluding diaryl/α,β-unsaturated/α-hetero) is 1. The minimum Gasteiger partial charge on any atom is -0.293 e. The summed E-state index contributed by atoms with van der Waals surface area (Å²) in [4.78, 5) is 20.8. The Balaban J connectivity index is 2.75. The summed E-state index contributed by atoms with van der Waals surface area (Å²) < 4.78 is 14.0. The van der Waals surface area contributed by atoms with Crippen LogP contribution in [0.2, 0.25) is 0 Å². The van der Waals surface area contributed by atoms with Gasteiger partial charge in [0.1, 0.15) is 11.6 Å². The maximum absolute atomic E-state index is 14.0. The molecule has 2 aromatic rings. The Bertz CT molecular complexity index is 765. The van der Waals surface area contributed by atoms with E-state index in [1.807, 2.05) is 13.0 Å². The lowest BCUT2D eigenvalue weighted by atomic mass is 10.0. The van der Waals surface area contributed by atoms with Crippen LogP contribution in [0.15, 0.2) is 18.3 Å². The van der Waals surface area contributed by atoms with Gasteiger partial charge in [0.05, 0.1) is 17.6 Å². The van der Waals surface area contributed by atoms with Crippen LogP contribution in [-0.4, -0.2) is 15.8 Å². The van der Waals surface area contributed by atoms with E-state index < -0.39 is 5.91 Å². The number of alkyl halides is 1. The summed E-state index contributed by atoms with van der Waals surface area (Å²) in [6, 6.07) is 3.61. The molecule has 3 nitrogen and oxygen atoms in total. The van der Waals surface area contributed by atoms with Gasteiger partial charge in [-0.3, -0.25) is 9.78 Å². The molecule has 0 spiro atoms. The molecule has 0 bridgehead atoms. The van der Waals surface area contributed by atoms with Gasteiger partial charge < -0.3 is 0 Å². The Kier molecular flexibility index (Phi) is 6.32. The third-order valence-corrected chi connectivity index (χ3v) is 5.23. The molecule has 2 rings (SSSR count). The van der Waals surface area contributed by atoms with Gasteiger partial charge in [0.15, 0.2) is 5.78 Å². The van der Waals surface area contributed by atoms with Crippen molar-refractivity contribution in [2.75, 3.05) is 0 Å². The summed E-state index contributed by atoms with van der Waals surface area (Å²) in [5.41, 5.74) is 3.60. The Morgan fingerprint density at radius 3 is 2.43 bits per heavy atom. The summed E-state index contributed by atoms with van der Waals surface area (Å²) >= 11 is 0. The normalized spacial score (nSPS) is 12.5. The molecule has 23 heavy (non-hydrogen) atoms. The number of halogens is 1. The first-order valence-corrected chi connectivity index (χ1v) is 9.49. The van der Waals surface area contributed by atoms with E-state index in [9.17, 15) is 9.18 Å². The van der Waals surface area contributed by atoms with E-state index in [2.05, 4.69) is 46.9 Å². The van der Waals surface area contributed by atoms with Crippen LogP contribution in [0.25, 0.3) is 11.3 Å². The smallest absolute Gasteiger partial charge is 0.180 e. The first-order valence-electron chi connectivity index (χ1n) is 6.92. The van der Waals surface area contributed by atoms with Crippen LogP contribution in [0.1, 0.15) is 45.5 Å². The molecular weight excluding hydrogens is 367 g/mol. The third-order valence-electron chi connectivity index (χ3n) is 3.50. The van der Waals surface area contributed by atoms with Crippen molar-refractivity contribution in [2.24, 2.45) is 0 Å². The average molecular weight is 386 g/mol. The maximum Gasteiger partial charge on any atom is 0.180 e. The molecule has 5 unspecified atom stereocenters. The molecule has 0 N–H and O–H groups in total. The molecule has 1 aromatic carbocycles. The topological polar surface area (TPSA) is 42.9 Å². The highest BCUT2D eigenvalue weighted by Crippen LogP contribution is 2.35. The first-order chi connectivity index (χ1) is 10.7. The van der Waals surface area contributed by atoms with Crippen LogP contribution >= 0.6 is 37.0 Å². The number of hydrogen-bond acceptors (Lipinski definition) is 3. The monoisotopic (exact) mass is 386 g/mol. The Labute approximate surface area is 144 Å². The van der Waals surface area contributed by atoms with E-state index in [1.165, 1.54) is 6.92 Å². The fourth-order valence-electron chi connectivity index (χ4n) is 2.28. The molecule has 8 heteroatoms. The van der Waals surface area contributed by atoms with Crippen molar-refractivity contribution in [3.8, 4) is 11.3 Å². The zero-order valence-electron chi connectivity index (χ0n) is 12.9. The van der Waals surface area contributed by atoms with Gasteiger partial charge in [0, 0.05) is 17.9 Å². The number of benzene rings is 1. The summed E-state index contributed by atoms with van der Waals surface area (Å²) in [7, 11) is 9.94. The molecule has 0 aliphatic rings. The lowest BCUT2D eigenvalue weighted by Crippen LogP contribution is -2.11. The van der Waals surface area contributed by atoms with Crippen LogP contribution < -0.4 is 5.30 Å². The zero-order valence-corrected chi connectivity index (χ0v) is 17.5. The molecule has 122 valence electrons. The third kappa shape index (κ3) is 4.00. The quantitative estimate of drug-likeness (QED) is 0.594. The van der Waals surface area contributed by atoms with Crippen LogP contribution in [0.5, 0.6) is 0 Å². The predicted octanol–water partition coefficient (Wildman–Crippen LogP) is 3.75. The van der Waals surface area contributed by atoms with Gasteiger partial charge in [0.2, 0.25) is 0 Å². The van der Waals surface area contributed by atoms with Crippen molar-refractivity contribution in [1.29, 1.82) is 0 Å². The molecular formula is C15H19FN2OP4. The molecule has 0 amide bonds. The van der Waals surface area contributed by atoms with Gasteiger partial charge in [-0.1, -0.05) is 21.4 Å². The Morgan fingerprint density at radius 1 is 1.26 bits per heavy atom. The molecule has 5 atom stereocenters. The van der Waals surface area contributed by atoms with E-state index in [0.29, 0.717) is 28.2 Å². The van der Waals surface area contributed by atoms with Gasteiger partial charge in [-0.15, -0.1) is 27.7 Å². The minimum atomic E-state index is -1.22. The first kappa shape index (κ1) is 19.0. The van der Waals surface area contributed by atoms with Crippen molar-refractivity contribution in [3.63, 3.8) is 0 Å². The summed E-state index contributed by atoms with van der Waals surface area (Å²) in [5.74, 6) is -1.38. The van der Waals surface area contributed by atoms with Crippen molar-refractivity contribution < 1.29 is 9.18 Å². The fraction of sp³-hybridized carbons (Fsp3) is 0.267. The van der Waals surface area contributed by atoms with Crippen LogP contribution in [0.3, 0.4) is 0 Å². The van der Waals surface area contributed by atoms with Gasteiger partial charge in [-0.25, -0.2) is 9.37 Å². The molecule has 1 heterocycles. The Hall–Kier alpha value is -0.380. The highest BCUT2D eigenvalue weighted by Gasteiger charge is 2.20. The van der Waals surface area contributed by atoms with Crippen molar-refractivity contribution in [1.82, 2.24) is 9.97 Å². The van der Waals surface area contributed by atoms with Gasteiger partial charge in [0.25, 0.3) is 0 Å². The van der Waals surface area contributed by atoms with E-state index in [1.54, 1.807) is 12.3 Å². The predicted molar refractivity (Wildman–Crippen MR) is 107 cm³/mol. The van der Waals surface area contributed by atoms with Gasteiger partial charge >= 0.3 is 0 Å². The van der Waals surface area contributed by atoms with Crippen LogP contribution in [-0.2, 0) is 0 Å². The fourth-order valence-corrected chi connectivity index (χ4v) is 3.45. The lowest BCUT2D eigenvalue weighted by molar-refractivity contribution is 0.101. The molecule has 0 radical (unpaired) electrons. The SMILES string of the molecule is CC(=O)c1nc(-c2c(C(F)P)ccc(C)c2P)cnc1C(P)P. The highest BCUT2D eigenvalue weighted by atomic mass is 31.1. The Morgan fingerprint density at radius 2 is 1.91 bits per heavy atom. The van der Waals surface area contributed by atoms with E-state index in [-0.39, 0.29) is 11.2 Å². The van der Waals surface area contributed by atoms with Crippen LogP contribution in [0.4, 0.5) is 4.39 Å². The largest absolute Gasteiger partial charge is 0.293 e. The molecule has 1 aromatic heterocycles. The standard InChI is InChI=1S/C15H19FN2OP4/c1-6-3-4-8(14(16)21)10(13(6)20)9-5-17-12(15(22)23)11(18-9)7(2)19/h3-5,14-15H,20-23H2,1-2H3. The number of carbonyl (C=O) groups is 1. The molecule has 0 aliphatic heterocycles. The highest BCUT2D eigenvalue weighted by molar-refractivity contribution is 7.37. The molecule has 0 fully saturated rings. The van der Waals surface area contributed by atoms with Crippen LogP contribution in [0, 0.1) is 6.92 Å². The number of ketones is 1. The zero-order chi connectivity index (χ0) is 17.3. The van der Waals surface area contributed by atoms with Crippen molar-refractivity contribution in [3.05, 3.63) is 40.8 Å². The number of aromatic nitrogens is 2. The van der Waals surface area contributed by atoms with E-state index >= 15 is 0 Å². The van der Waals surface area contributed by atoms with Gasteiger partial charge in [-0.2, -0.15) is 0 Å². The minimum absolute atomic E-state index is 0.0708. The second-order valence-electron chi connectivity index (χ2n) is 5.23. The maximum atomic E-state index is 14.0. The molecule has 0 aliphatic carbocycles. The number of carbonyl (C=O) groups excluding carboxylic acids is 1. The number of nitrogens with zero attached hydrogens (tertiary/aromatic N) is 2. The number of aryl methyl sites for hydroxylation is 1. The lowest BCUT2D eigenvalue weighted by Gasteiger charge is -2.17. The average Bonchev–Trinajstić information content (AvgIpc) is 2.48. The summed E-state index contributed by atoms with van der Waals surface area (Å²) in [6.45, 7) is 3.40. The van der Waals surface area contributed by atoms with Crippen molar-refractivity contribution >= 4 is 48.0 Å².